The number of ether oxygens (including phenoxy) is 1. The molecule has 6 nitrogen and oxygen atoms in total. The maximum Gasteiger partial charge on any atom is 0.159 e. The van der Waals surface area contributed by atoms with Crippen molar-refractivity contribution in [2.24, 2.45) is 0 Å². The molecule has 0 bridgehead atoms. The van der Waals surface area contributed by atoms with Crippen molar-refractivity contribution in [3.8, 4) is 11.5 Å². The Balaban J connectivity index is 1.42. The third-order valence-electron chi connectivity index (χ3n) is 4.93. The van der Waals surface area contributed by atoms with E-state index in [1.807, 2.05) is 61.5 Å². The van der Waals surface area contributed by atoms with Crippen LogP contribution in [-0.2, 0) is 6.42 Å². The van der Waals surface area contributed by atoms with Crippen molar-refractivity contribution >= 4 is 12.2 Å². The summed E-state index contributed by atoms with van der Waals surface area (Å²) in [6.45, 7) is 4.62. The summed E-state index contributed by atoms with van der Waals surface area (Å²) in [6, 6.07) is 17.1. The average Bonchev–Trinajstić information content (AvgIpc) is 3.20. The van der Waals surface area contributed by atoms with E-state index in [2.05, 4.69) is 17.4 Å². The number of aromatic hydroxyl groups is 1. The minimum absolute atomic E-state index is 0.198. The lowest BCUT2D eigenvalue weighted by Crippen LogP contribution is -2.36. The fourth-order valence-electron chi connectivity index (χ4n) is 3.11. The largest absolute Gasteiger partial charge is 0.508 e. The number of aromatic nitrogens is 1. The van der Waals surface area contributed by atoms with Gasteiger partial charge in [0.25, 0.3) is 0 Å². The zero-order valence-corrected chi connectivity index (χ0v) is 18.0. The number of nitrogens with one attached hydrogen (secondary N) is 1. The highest BCUT2D eigenvalue weighted by atomic mass is 16.5. The van der Waals surface area contributed by atoms with Crippen molar-refractivity contribution in [3.05, 3.63) is 77.2 Å². The van der Waals surface area contributed by atoms with Crippen molar-refractivity contribution in [1.29, 1.82) is 0 Å². The predicted octanol–water partition coefficient (Wildman–Crippen LogP) is 4.21. The molecule has 164 valence electrons. The first-order valence-electron chi connectivity index (χ1n) is 10.5. The molecule has 0 saturated carbocycles. The summed E-state index contributed by atoms with van der Waals surface area (Å²) < 4.78 is 11.0. The van der Waals surface area contributed by atoms with Gasteiger partial charge in [-0.15, -0.1) is 0 Å². The van der Waals surface area contributed by atoms with Crippen LogP contribution >= 0.6 is 0 Å². The van der Waals surface area contributed by atoms with Crippen molar-refractivity contribution in [3.63, 3.8) is 0 Å². The lowest BCUT2D eigenvalue weighted by Gasteiger charge is -2.18. The van der Waals surface area contributed by atoms with Crippen LogP contribution in [-0.4, -0.2) is 40.7 Å². The summed E-state index contributed by atoms with van der Waals surface area (Å²) in [6.07, 6.45) is 4.98. The van der Waals surface area contributed by atoms with Crippen LogP contribution in [0.25, 0.3) is 12.2 Å². The van der Waals surface area contributed by atoms with E-state index < -0.39 is 6.10 Å². The Morgan fingerprint density at radius 3 is 2.65 bits per heavy atom. The van der Waals surface area contributed by atoms with Gasteiger partial charge in [0.15, 0.2) is 5.76 Å². The smallest absolute Gasteiger partial charge is 0.159 e. The second-order valence-electron chi connectivity index (χ2n) is 7.72. The van der Waals surface area contributed by atoms with E-state index in [1.54, 1.807) is 12.1 Å². The molecule has 0 saturated heterocycles. The van der Waals surface area contributed by atoms with Gasteiger partial charge < -0.3 is 24.8 Å². The molecule has 2 unspecified atom stereocenters. The van der Waals surface area contributed by atoms with Gasteiger partial charge in [0.1, 0.15) is 24.2 Å². The van der Waals surface area contributed by atoms with Crippen LogP contribution in [0.1, 0.15) is 35.9 Å². The van der Waals surface area contributed by atoms with E-state index in [-0.39, 0.29) is 18.4 Å². The fraction of sp³-hybridized carbons (Fsp3) is 0.320. The summed E-state index contributed by atoms with van der Waals surface area (Å²) >= 11 is 0. The van der Waals surface area contributed by atoms with Gasteiger partial charge in [-0.3, -0.25) is 0 Å². The van der Waals surface area contributed by atoms with Crippen LogP contribution in [0.4, 0.5) is 0 Å². The Morgan fingerprint density at radius 2 is 1.90 bits per heavy atom. The molecule has 6 heteroatoms. The van der Waals surface area contributed by atoms with Crippen LogP contribution in [0.15, 0.2) is 59.1 Å². The van der Waals surface area contributed by atoms with E-state index in [9.17, 15) is 10.2 Å². The molecular weight excluding hydrogens is 392 g/mol. The van der Waals surface area contributed by atoms with Crippen LogP contribution in [0.5, 0.6) is 11.5 Å². The molecule has 0 radical (unpaired) electrons. The number of hydrogen-bond acceptors (Lipinski definition) is 6. The normalized spacial score (nSPS) is 13.4. The van der Waals surface area contributed by atoms with E-state index in [4.69, 9.17) is 9.26 Å². The van der Waals surface area contributed by atoms with Crippen LogP contribution in [0, 0.1) is 6.92 Å². The molecule has 0 amide bonds. The summed E-state index contributed by atoms with van der Waals surface area (Å²) in [5.41, 5.74) is 2.91. The van der Waals surface area contributed by atoms with Gasteiger partial charge in [-0.05, 0) is 62.6 Å². The number of hydrogen-bond donors (Lipinski definition) is 3. The van der Waals surface area contributed by atoms with Gasteiger partial charge >= 0.3 is 0 Å². The number of phenols is 1. The number of aryl methyl sites for hydroxylation is 2. The van der Waals surface area contributed by atoms with Crippen LogP contribution < -0.4 is 10.1 Å². The Kier molecular flexibility index (Phi) is 8.27. The maximum atomic E-state index is 10.3. The Bertz CT molecular complexity index is 966. The fourth-order valence-corrected chi connectivity index (χ4v) is 3.11. The van der Waals surface area contributed by atoms with E-state index in [0.29, 0.717) is 18.1 Å². The van der Waals surface area contributed by atoms with Crippen molar-refractivity contribution in [2.45, 2.75) is 38.8 Å². The Morgan fingerprint density at radius 1 is 1.13 bits per heavy atom. The molecule has 1 heterocycles. The molecule has 1 aromatic heterocycles. The van der Waals surface area contributed by atoms with Gasteiger partial charge in [0.2, 0.25) is 0 Å². The molecular formula is C25H30N2O4. The Hall–Kier alpha value is -3.09. The van der Waals surface area contributed by atoms with E-state index >= 15 is 0 Å². The number of phenolic OH excluding ortho intramolecular Hbond substituents is 1. The zero-order valence-electron chi connectivity index (χ0n) is 18.0. The highest BCUT2D eigenvalue weighted by Gasteiger charge is 2.10. The topological polar surface area (TPSA) is 87.8 Å². The molecule has 2 aromatic carbocycles. The van der Waals surface area contributed by atoms with Gasteiger partial charge in [0, 0.05) is 24.2 Å². The molecule has 3 N–H and O–H groups in total. The van der Waals surface area contributed by atoms with Crippen LogP contribution in [0.2, 0.25) is 0 Å². The standard InChI is InChI=1S/C25H30N2O4/c1-18(7-8-20-9-12-22(28)13-10-20)26-16-23(29)17-30-25-6-4-3-5-21(25)11-14-24-15-19(2)27-31-24/h3-6,9-15,18,23,26,28-29H,7-8,16-17H2,1-2H3/b14-11+. The number of nitrogens with zero attached hydrogens (tertiary/aromatic N) is 1. The van der Waals surface area contributed by atoms with E-state index in [0.717, 1.165) is 24.1 Å². The monoisotopic (exact) mass is 422 g/mol. The molecule has 0 spiro atoms. The predicted molar refractivity (Wildman–Crippen MR) is 122 cm³/mol. The minimum Gasteiger partial charge on any atom is -0.508 e. The third kappa shape index (κ3) is 7.59. The summed E-state index contributed by atoms with van der Waals surface area (Å²) in [4.78, 5) is 0. The van der Waals surface area contributed by atoms with Crippen LogP contribution in [0.3, 0.4) is 0 Å². The first-order chi connectivity index (χ1) is 15.0. The summed E-state index contributed by atoms with van der Waals surface area (Å²) in [5.74, 6) is 1.66. The van der Waals surface area contributed by atoms with Gasteiger partial charge in [0.05, 0.1) is 5.69 Å². The first-order valence-corrected chi connectivity index (χ1v) is 10.5. The number of para-hydroxylation sites is 1. The van der Waals surface area contributed by atoms with Crippen molar-refractivity contribution < 1.29 is 19.5 Å². The maximum absolute atomic E-state index is 10.3. The molecule has 31 heavy (non-hydrogen) atoms. The summed E-state index contributed by atoms with van der Waals surface area (Å²) in [7, 11) is 0. The lowest BCUT2D eigenvalue weighted by molar-refractivity contribution is 0.104. The second kappa shape index (κ2) is 11.3. The SMILES string of the molecule is Cc1cc(/C=C/c2ccccc2OCC(O)CNC(C)CCc2ccc(O)cc2)on1. The van der Waals surface area contributed by atoms with E-state index in [1.165, 1.54) is 5.56 Å². The van der Waals surface area contributed by atoms with Crippen molar-refractivity contribution in [2.75, 3.05) is 13.2 Å². The molecule has 3 rings (SSSR count). The Labute approximate surface area is 183 Å². The molecule has 2 atom stereocenters. The minimum atomic E-state index is -0.620. The van der Waals surface area contributed by atoms with Crippen molar-refractivity contribution in [1.82, 2.24) is 10.5 Å². The third-order valence-corrected chi connectivity index (χ3v) is 4.93. The number of aliphatic hydroxyl groups excluding tert-OH is 1. The molecule has 0 aliphatic carbocycles. The molecule has 0 aliphatic heterocycles. The second-order valence-corrected chi connectivity index (χ2v) is 7.72. The zero-order chi connectivity index (χ0) is 22.1. The van der Waals surface area contributed by atoms with Gasteiger partial charge in [-0.2, -0.15) is 0 Å². The average molecular weight is 423 g/mol. The number of benzene rings is 2. The molecule has 0 fully saturated rings. The first kappa shape index (κ1) is 22.6. The molecule has 0 aliphatic rings. The van der Waals surface area contributed by atoms with Gasteiger partial charge in [-0.1, -0.05) is 35.5 Å². The van der Waals surface area contributed by atoms with Gasteiger partial charge in [-0.25, -0.2) is 0 Å². The highest BCUT2D eigenvalue weighted by molar-refractivity contribution is 5.70. The number of aliphatic hydroxyl groups is 1. The number of rotatable bonds is 11. The highest BCUT2D eigenvalue weighted by Crippen LogP contribution is 2.21. The summed E-state index contributed by atoms with van der Waals surface area (Å²) in [5, 5.41) is 26.9. The lowest BCUT2D eigenvalue weighted by atomic mass is 10.1. The quantitative estimate of drug-likeness (QED) is 0.429. The molecule has 3 aromatic rings.